The van der Waals surface area contributed by atoms with Gasteiger partial charge in [0, 0.05) is 6.54 Å². The molecule has 0 unspecified atom stereocenters. The highest BCUT2D eigenvalue weighted by molar-refractivity contribution is 8.15. The van der Waals surface area contributed by atoms with Crippen LogP contribution in [-0.4, -0.2) is 34.3 Å². The van der Waals surface area contributed by atoms with Crippen molar-refractivity contribution in [3.63, 3.8) is 0 Å². The molecule has 1 amide bonds. The molecule has 0 aliphatic carbocycles. The first-order chi connectivity index (χ1) is 8.70. The Kier molecular flexibility index (Phi) is 4.42. The van der Waals surface area contributed by atoms with Crippen LogP contribution in [0.2, 0.25) is 0 Å². The highest BCUT2D eigenvalue weighted by Gasteiger charge is 2.26. The molecule has 0 spiro atoms. The summed E-state index contributed by atoms with van der Waals surface area (Å²) in [5.74, 6) is 0.707. The molecule has 1 aromatic carbocycles. The van der Waals surface area contributed by atoms with Gasteiger partial charge in [0.25, 0.3) is 0 Å². The van der Waals surface area contributed by atoms with Crippen molar-refractivity contribution in [2.24, 2.45) is 4.99 Å². The maximum Gasteiger partial charge on any atom is 0.239 e. The van der Waals surface area contributed by atoms with E-state index in [2.05, 4.69) is 24.0 Å². The molecule has 2 rings (SSSR count). The lowest BCUT2D eigenvalue weighted by Gasteiger charge is -2.15. The molecule has 96 valence electrons. The summed E-state index contributed by atoms with van der Waals surface area (Å²) in [5.41, 5.74) is 1.28. The van der Waals surface area contributed by atoms with Gasteiger partial charge >= 0.3 is 0 Å². The molecule has 0 N–H and O–H groups in total. The van der Waals surface area contributed by atoms with Gasteiger partial charge in [0.1, 0.15) is 0 Å². The zero-order chi connectivity index (χ0) is 13.0. The van der Waals surface area contributed by atoms with Gasteiger partial charge in [0.15, 0.2) is 5.17 Å². The number of aliphatic imine (C=N–C) groups is 1. The molecule has 3 nitrogen and oxygen atoms in total. The minimum Gasteiger partial charge on any atom is -0.291 e. The molecule has 1 atom stereocenters. The summed E-state index contributed by atoms with van der Waals surface area (Å²) in [5, 5.41) is 0.880. The van der Waals surface area contributed by atoms with Crippen LogP contribution < -0.4 is 0 Å². The molecule has 1 saturated heterocycles. The second-order valence-electron chi connectivity index (χ2n) is 4.38. The molecule has 1 aliphatic rings. The molecule has 1 fully saturated rings. The molecular weight excluding hydrogens is 244 g/mol. The van der Waals surface area contributed by atoms with E-state index in [1.807, 2.05) is 25.1 Å². The van der Waals surface area contributed by atoms with Gasteiger partial charge in [-0.3, -0.25) is 14.7 Å². The van der Waals surface area contributed by atoms with E-state index in [4.69, 9.17) is 0 Å². The Hall–Kier alpha value is -1.29. The largest absolute Gasteiger partial charge is 0.291 e. The van der Waals surface area contributed by atoms with Gasteiger partial charge in [-0.2, -0.15) is 0 Å². The summed E-state index contributed by atoms with van der Waals surface area (Å²) < 4.78 is 0. The first-order valence-corrected chi connectivity index (χ1v) is 7.24. The van der Waals surface area contributed by atoms with Gasteiger partial charge < -0.3 is 0 Å². The first kappa shape index (κ1) is 13.1. The molecule has 0 aromatic heterocycles. The van der Waals surface area contributed by atoms with Crippen LogP contribution >= 0.6 is 11.8 Å². The lowest BCUT2D eigenvalue weighted by molar-refractivity contribution is -0.123. The Balaban J connectivity index is 2.02. The summed E-state index contributed by atoms with van der Waals surface area (Å²) in [6.07, 6.45) is 0.913. The molecule has 0 radical (unpaired) electrons. The second-order valence-corrected chi connectivity index (χ2v) is 5.32. The van der Waals surface area contributed by atoms with Crippen molar-refractivity contribution in [1.82, 2.24) is 4.90 Å². The minimum absolute atomic E-state index is 0.174. The third-order valence-corrected chi connectivity index (χ3v) is 3.85. The zero-order valence-electron chi connectivity index (χ0n) is 10.8. The number of carbonyl (C=O) groups is 1. The van der Waals surface area contributed by atoms with E-state index in [0.717, 1.165) is 11.6 Å². The van der Waals surface area contributed by atoms with Crippen molar-refractivity contribution < 1.29 is 4.79 Å². The SMILES string of the molecule is CCN1C(=O)CSC1=N[C@H](C)Cc1ccccc1. The number of nitrogens with zero attached hydrogens (tertiary/aromatic N) is 2. The van der Waals surface area contributed by atoms with Crippen LogP contribution in [0, 0.1) is 0 Å². The van der Waals surface area contributed by atoms with Crippen molar-refractivity contribution in [3.05, 3.63) is 35.9 Å². The van der Waals surface area contributed by atoms with Crippen molar-refractivity contribution in [1.29, 1.82) is 0 Å². The molecule has 1 aromatic rings. The molecule has 0 bridgehead atoms. The first-order valence-electron chi connectivity index (χ1n) is 6.25. The maximum absolute atomic E-state index is 11.6. The summed E-state index contributed by atoms with van der Waals surface area (Å²) in [4.78, 5) is 18.0. The number of rotatable bonds is 4. The number of carbonyl (C=O) groups excluding carboxylic acids is 1. The predicted octanol–water partition coefficient (Wildman–Crippen LogP) is 2.57. The highest BCUT2D eigenvalue weighted by Crippen LogP contribution is 2.20. The van der Waals surface area contributed by atoms with Crippen molar-refractivity contribution in [2.75, 3.05) is 12.3 Å². The van der Waals surface area contributed by atoms with Crippen LogP contribution in [0.4, 0.5) is 0 Å². The molecule has 18 heavy (non-hydrogen) atoms. The molecule has 1 heterocycles. The topological polar surface area (TPSA) is 32.7 Å². The zero-order valence-corrected chi connectivity index (χ0v) is 11.6. The van der Waals surface area contributed by atoms with E-state index >= 15 is 0 Å². The summed E-state index contributed by atoms with van der Waals surface area (Å²) in [7, 11) is 0. The lowest BCUT2D eigenvalue weighted by atomic mass is 10.1. The number of thioether (sulfide) groups is 1. The Morgan fingerprint density at radius 3 is 2.78 bits per heavy atom. The van der Waals surface area contributed by atoms with E-state index in [1.54, 1.807) is 16.7 Å². The van der Waals surface area contributed by atoms with Crippen LogP contribution in [-0.2, 0) is 11.2 Å². The number of amidine groups is 1. The lowest BCUT2D eigenvalue weighted by Crippen LogP contribution is -2.30. The third kappa shape index (κ3) is 3.13. The van der Waals surface area contributed by atoms with E-state index in [9.17, 15) is 4.79 Å². The van der Waals surface area contributed by atoms with Crippen LogP contribution in [0.15, 0.2) is 35.3 Å². The maximum atomic E-state index is 11.6. The number of amides is 1. The Morgan fingerprint density at radius 1 is 1.39 bits per heavy atom. The standard InChI is InChI=1S/C14H18N2OS/c1-3-16-13(17)10-18-14(16)15-11(2)9-12-7-5-4-6-8-12/h4-8,11H,3,9-10H2,1-2H3/t11-/m1/s1. The monoisotopic (exact) mass is 262 g/mol. The second kappa shape index (κ2) is 6.05. The van der Waals surface area contributed by atoms with E-state index in [-0.39, 0.29) is 11.9 Å². The number of hydrogen-bond donors (Lipinski definition) is 0. The van der Waals surface area contributed by atoms with E-state index in [0.29, 0.717) is 12.3 Å². The van der Waals surface area contributed by atoms with Gasteiger partial charge in [0.2, 0.25) is 5.91 Å². The van der Waals surface area contributed by atoms with Crippen molar-refractivity contribution >= 4 is 22.8 Å². The summed E-state index contributed by atoms with van der Waals surface area (Å²) >= 11 is 1.55. The van der Waals surface area contributed by atoms with Gasteiger partial charge in [-0.15, -0.1) is 0 Å². The normalized spacial score (nSPS) is 19.6. The number of hydrogen-bond acceptors (Lipinski definition) is 3. The molecular formula is C14H18N2OS. The Labute approximate surface area is 112 Å². The highest BCUT2D eigenvalue weighted by atomic mass is 32.2. The van der Waals surface area contributed by atoms with E-state index in [1.165, 1.54) is 5.56 Å². The smallest absolute Gasteiger partial charge is 0.239 e. The van der Waals surface area contributed by atoms with E-state index < -0.39 is 0 Å². The van der Waals surface area contributed by atoms with Crippen LogP contribution in [0.3, 0.4) is 0 Å². The summed E-state index contributed by atoms with van der Waals surface area (Å²) in [6.45, 7) is 4.79. The fourth-order valence-corrected chi connectivity index (χ4v) is 3.05. The fraction of sp³-hybridized carbons (Fsp3) is 0.429. The summed E-state index contributed by atoms with van der Waals surface area (Å²) in [6, 6.07) is 10.5. The fourth-order valence-electron chi connectivity index (χ4n) is 2.00. The van der Waals surface area contributed by atoms with Gasteiger partial charge in [-0.05, 0) is 25.8 Å². The third-order valence-electron chi connectivity index (χ3n) is 2.88. The minimum atomic E-state index is 0.174. The molecule has 1 aliphatic heterocycles. The van der Waals surface area contributed by atoms with Gasteiger partial charge in [-0.25, -0.2) is 0 Å². The Bertz CT molecular complexity index is 444. The van der Waals surface area contributed by atoms with Gasteiger partial charge in [0.05, 0.1) is 11.8 Å². The Morgan fingerprint density at radius 2 is 2.11 bits per heavy atom. The van der Waals surface area contributed by atoms with Crippen molar-refractivity contribution in [3.8, 4) is 0 Å². The average molecular weight is 262 g/mol. The number of benzene rings is 1. The van der Waals surface area contributed by atoms with Gasteiger partial charge in [-0.1, -0.05) is 42.1 Å². The quantitative estimate of drug-likeness (QED) is 0.835. The predicted molar refractivity (Wildman–Crippen MR) is 76.9 cm³/mol. The van der Waals surface area contributed by atoms with Crippen LogP contribution in [0.1, 0.15) is 19.4 Å². The van der Waals surface area contributed by atoms with Crippen LogP contribution in [0.25, 0.3) is 0 Å². The van der Waals surface area contributed by atoms with Crippen molar-refractivity contribution in [2.45, 2.75) is 26.3 Å². The molecule has 0 saturated carbocycles. The van der Waals surface area contributed by atoms with Crippen LogP contribution in [0.5, 0.6) is 0 Å². The molecule has 4 heteroatoms. The average Bonchev–Trinajstić information content (AvgIpc) is 2.71.